The first kappa shape index (κ1) is 12.3. The zero-order valence-corrected chi connectivity index (χ0v) is 10.9. The summed E-state index contributed by atoms with van der Waals surface area (Å²) in [6, 6.07) is 7.54. The molecule has 0 unspecified atom stereocenters. The summed E-state index contributed by atoms with van der Waals surface area (Å²) in [4.78, 5) is 8.25. The largest absolute Gasteiger partial charge is 0.494 e. The van der Waals surface area contributed by atoms with Crippen molar-refractivity contribution >= 4 is 0 Å². The molecule has 0 fully saturated rings. The molecule has 0 radical (unpaired) electrons. The number of aromatic nitrogens is 5. The van der Waals surface area contributed by atoms with E-state index in [1.165, 1.54) is 6.33 Å². The van der Waals surface area contributed by atoms with E-state index in [1.54, 1.807) is 0 Å². The van der Waals surface area contributed by atoms with Crippen molar-refractivity contribution in [2.24, 2.45) is 0 Å². The number of rotatable bonds is 5. The van der Waals surface area contributed by atoms with Crippen LogP contribution in [0, 0.1) is 0 Å². The molecule has 7 heteroatoms. The predicted molar refractivity (Wildman–Crippen MR) is 70.9 cm³/mol. The van der Waals surface area contributed by atoms with Gasteiger partial charge in [-0.1, -0.05) is 18.1 Å². The van der Waals surface area contributed by atoms with Crippen LogP contribution in [0.3, 0.4) is 0 Å². The summed E-state index contributed by atoms with van der Waals surface area (Å²) in [6.45, 7) is 2.74. The van der Waals surface area contributed by atoms with Gasteiger partial charge in [-0.2, -0.15) is 10.1 Å². The van der Waals surface area contributed by atoms with E-state index in [9.17, 15) is 0 Å². The molecule has 0 aliphatic carbocycles. The van der Waals surface area contributed by atoms with Crippen molar-refractivity contribution in [3.05, 3.63) is 30.6 Å². The van der Waals surface area contributed by atoms with Gasteiger partial charge in [0, 0.05) is 5.56 Å². The fourth-order valence-electron chi connectivity index (χ4n) is 1.69. The number of aromatic amines is 1. The molecule has 0 aliphatic rings. The van der Waals surface area contributed by atoms with Crippen LogP contribution >= 0.6 is 0 Å². The Morgan fingerprint density at radius 1 is 1.35 bits per heavy atom. The normalized spacial score (nSPS) is 10.7. The molecule has 3 aromatic rings. The van der Waals surface area contributed by atoms with Crippen LogP contribution in [0.25, 0.3) is 23.1 Å². The van der Waals surface area contributed by atoms with Gasteiger partial charge in [-0.25, -0.2) is 4.98 Å². The topological polar surface area (TPSA) is 89.7 Å². The number of nitrogens with one attached hydrogen (secondary N) is 1. The molecule has 0 spiro atoms. The fraction of sp³-hybridized carbons (Fsp3) is 0.231. The third-order valence-corrected chi connectivity index (χ3v) is 2.61. The third kappa shape index (κ3) is 2.51. The van der Waals surface area contributed by atoms with Crippen LogP contribution in [0.2, 0.25) is 0 Å². The lowest BCUT2D eigenvalue weighted by atomic mass is 10.2. The van der Waals surface area contributed by atoms with Gasteiger partial charge in [0.1, 0.15) is 12.1 Å². The van der Waals surface area contributed by atoms with Gasteiger partial charge in [-0.05, 0) is 24.6 Å². The van der Waals surface area contributed by atoms with Crippen LogP contribution in [0.15, 0.2) is 35.1 Å². The molecule has 0 bridgehead atoms. The van der Waals surface area contributed by atoms with Crippen molar-refractivity contribution in [1.29, 1.82) is 0 Å². The minimum atomic E-state index is 0.373. The van der Waals surface area contributed by atoms with Crippen molar-refractivity contribution in [3.8, 4) is 28.9 Å². The Bertz CT molecular complexity index is 678. The molecule has 0 saturated heterocycles. The van der Waals surface area contributed by atoms with Crippen LogP contribution in [0.1, 0.15) is 13.3 Å². The molecule has 20 heavy (non-hydrogen) atoms. The second-order valence-corrected chi connectivity index (χ2v) is 4.13. The van der Waals surface area contributed by atoms with E-state index in [0.29, 0.717) is 24.1 Å². The molecule has 0 atom stereocenters. The highest BCUT2D eigenvalue weighted by molar-refractivity contribution is 5.57. The van der Waals surface area contributed by atoms with Crippen LogP contribution < -0.4 is 4.74 Å². The summed E-state index contributed by atoms with van der Waals surface area (Å²) in [5.74, 6) is 2.04. The maximum atomic E-state index is 5.58. The zero-order chi connectivity index (χ0) is 13.8. The van der Waals surface area contributed by atoms with E-state index in [2.05, 4.69) is 32.2 Å². The fourth-order valence-corrected chi connectivity index (χ4v) is 1.69. The third-order valence-electron chi connectivity index (χ3n) is 2.61. The average molecular weight is 271 g/mol. The molecule has 3 rings (SSSR count). The van der Waals surface area contributed by atoms with Crippen molar-refractivity contribution in [3.63, 3.8) is 0 Å². The summed E-state index contributed by atoms with van der Waals surface area (Å²) < 4.78 is 10.8. The highest BCUT2D eigenvalue weighted by Gasteiger charge is 2.12. The van der Waals surface area contributed by atoms with Crippen molar-refractivity contribution in [2.75, 3.05) is 6.61 Å². The lowest BCUT2D eigenvalue weighted by Gasteiger charge is -2.04. The maximum Gasteiger partial charge on any atom is 0.258 e. The molecule has 7 nitrogen and oxygen atoms in total. The standard InChI is InChI=1S/C13H13N5O2/c1-2-6-19-10-5-3-4-9(7-10)13-16-12(18-20-13)11-14-8-15-17-11/h3-5,7-8H,2,6H2,1H3,(H,14,15,17). The molecule has 0 saturated carbocycles. The van der Waals surface area contributed by atoms with Crippen LogP contribution in [-0.2, 0) is 0 Å². The Morgan fingerprint density at radius 2 is 2.30 bits per heavy atom. The molecule has 0 aliphatic heterocycles. The van der Waals surface area contributed by atoms with Crippen LogP contribution in [-0.4, -0.2) is 31.9 Å². The number of H-pyrrole nitrogens is 1. The monoisotopic (exact) mass is 271 g/mol. The first-order valence-corrected chi connectivity index (χ1v) is 6.29. The summed E-state index contributed by atoms with van der Waals surface area (Å²) in [6.07, 6.45) is 2.35. The molecule has 1 aromatic carbocycles. The van der Waals surface area contributed by atoms with E-state index in [1.807, 2.05) is 24.3 Å². The minimum absolute atomic E-state index is 0.373. The molecule has 102 valence electrons. The van der Waals surface area contributed by atoms with Gasteiger partial charge in [0.2, 0.25) is 5.82 Å². The highest BCUT2D eigenvalue weighted by atomic mass is 16.5. The smallest absolute Gasteiger partial charge is 0.258 e. The second kappa shape index (κ2) is 5.52. The predicted octanol–water partition coefficient (Wildman–Crippen LogP) is 2.31. The SMILES string of the molecule is CCCOc1cccc(-c2nc(-c3ncn[nH]3)no2)c1. The van der Waals surface area contributed by atoms with Crippen molar-refractivity contribution in [1.82, 2.24) is 25.3 Å². The van der Waals surface area contributed by atoms with E-state index in [-0.39, 0.29) is 0 Å². The van der Waals surface area contributed by atoms with Gasteiger partial charge in [-0.3, -0.25) is 5.10 Å². The van der Waals surface area contributed by atoms with Gasteiger partial charge >= 0.3 is 0 Å². The van der Waals surface area contributed by atoms with E-state index in [4.69, 9.17) is 9.26 Å². The second-order valence-electron chi connectivity index (χ2n) is 4.13. The van der Waals surface area contributed by atoms with Crippen molar-refractivity contribution in [2.45, 2.75) is 13.3 Å². The molecule has 2 aromatic heterocycles. The summed E-state index contributed by atoms with van der Waals surface area (Å²) in [5.41, 5.74) is 0.803. The number of hydrogen-bond acceptors (Lipinski definition) is 6. The Balaban J connectivity index is 1.86. The molecular weight excluding hydrogens is 258 g/mol. The molecular formula is C13H13N5O2. The summed E-state index contributed by atoms with van der Waals surface area (Å²) in [5, 5.41) is 10.3. The van der Waals surface area contributed by atoms with Crippen LogP contribution in [0.5, 0.6) is 5.75 Å². The first-order chi connectivity index (χ1) is 9.86. The maximum absolute atomic E-state index is 5.58. The number of benzene rings is 1. The number of hydrogen-bond donors (Lipinski definition) is 1. The Labute approximate surface area is 115 Å². The average Bonchev–Trinajstić information content (AvgIpc) is 3.15. The van der Waals surface area contributed by atoms with Crippen molar-refractivity contribution < 1.29 is 9.26 Å². The van der Waals surface area contributed by atoms with Gasteiger partial charge in [0.25, 0.3) is 5.89 Å². The number of nitrogens with zero attached hydrogens (tertiary/aromatic N) is 4. The van der Waals surface area contributed by atoms with Gasteiger partial charge in [0.15, 0.2) is 5.82 Å². The lowest BCUT2D eigenvalue weighted by molar-refractivity contribution is 0.317. The minimum Gasteiger partial charge on any atom is -0.494 e. The van der Waals surface area contributed by atoms with Gasteiger partial charge in [-0.15, -0.1) is 0 Å². The quantitative estimate of drug-likeness (QED) is 0.765. The van der Waals surface area contributed by atoms with Crippen LogP contribution in [0.4, 0.5) is 0 Å². The lowest BCUT2D eigenvalue weighted by Crippen LogP contribution is -1.94. The molecule has 1 N–H and O–H groups in total. The Kier molecular flexibility index (Phi) is 3.40. The number of ether oxygens (including phenoxy) is 1. The summed E-state index contributed by atoms with van der Waals surface area (Å²) in [7, 11) is 0. The van der Waals surface area contributed by atoms with Gasteiger partial charge in [0.05, 0.1) is 6.61 Å². The Morgan fingerprint density at radius 3 is 3.10 bits per heavy atom. The highest BCUT2D eigenvalue weighted by Crippen LogP contribution is 2.24. The zero-order valence-electron chi connectivity index (χ0n) is 10.9. The first-order valence-electron chi connectivity index (χ1n) is 6.29. The molecule has 0 amide bonds. The van der Waals surface area contributed by atoms with Gasteiger partial charge < -0.3 is 9.26 Å². The Hall–Kier alpha value is -2.70. The summed E-state index contributed by atoms with van der Waals surface area (Å²) >= 11 is 0. The van der Waals surface area contributed by atoms with E-state index < -0.39 is 0 Å². The molecule has 2 heterocycles. The van der Waals surface area contributed by atoms with E-state index in [0.717, 1.165) is 17.7 Å². The van der Waals surface area contributed by atoms with E-state index >= 15 is 0 Å².